The molecule has 5 nitrogen and oxygen atoms in total. The normalized spacial score (nSPS) is 18.2. The van der Waals surface area contributed by atoms with Gasteiger partial charge in [-0.15, -0.1) is 22.0 Å². The van der Waals surface area contributed by atoms with Crippen molar-refractivity contribution in [3.8, 4) is 5.69 Å². The van der Waals surface area contributed by atoms with E-state index in [9.17, 15) is 4.79 Å². The smallest absolute Gasteiger partial charge is 0.220 e. The molecule has 1 aliphatic rings. The first-order valence-electron chi connectivity index (χ1n) is 6.66. The minimum Gasteiger partial charge on any atom is -0.323 e. The molecule has 0 radical (unpaired) electrons. The van der Waals surface area contributed by atoms with Crippen molar-refractivity contribution < 1.29 is 4.79 Å². The fraction of sp³-hybridized carbons (Fsp3) is 0.357. The van der Waals surface area contributed by atoms with Gasteiger partial charge in [0.25, 0.3) is 0 Å². The summed E-state index contributed by atoms with van der Waals surface area (Å²) in [6, 6.07) is 10.0. The molecule has 21 heavy (non-hydrogen) atoms. The maximum Gasteiger partial charge on any atom is 0.220 e. The minimum absolute atomic E-state index is 0.0592. The van der Waals surface area contributed by atoms with Crippen LogP contribution in [-0.2, 0) is 4.79 Å². The van der Waals surface area contributed by atoms with Crippen molar-refractivity contribution in [1.82, 2.24) is 19.7 Å². The van der Waals surface area contributed by atoms with E-state index in [0.717, 1.165) is 29.0 Å². The molecule has 2 aromatic rings. The van der Waals surface area contributed by atoms with Crippen molar-refractivity contribution in [3.05, 3.63) is 36.2 Å². The number of para-hydroxylation sites is 1. The average molecular weight is 320 g/mol. The molecule has 1 aromatic heterocycles. The molecule has 1 unspecified atom stereocenters. The Balaban J connectivity index is 2.08. The van der Waals surface area contributed by atoms with Gasteiger partial charge in [-0.05, 0) is 18.4 Å². The van der Waals surface area contributed by atoms with Gasteiger partial charge < -0.3 is 4.90 Å². The van der Waals surface area contributed by atoms with Gasteiger partial charge in [0, 0.05) is 24.9 Å². The first-order valence-corrected chi connectivity index (χ1v) is 8.93. The van der Waals surface area contributed by atoms with Crippen molar-refractivity contribution in [1.29, 1.82) is 0 Å². The zero-order valence-corrected chi connectivity index (χ0v) is 13.5. The first kappa shape index (κ1) is 14.5. The van der Waals surface area contributed by atoms with Gasteiger partial charge in [0.05, 0.1) is 0 Å². The van der Waals surface area contributed by atoms with Crippen LogP contribution in [0.15, 0.2) is 35.5 Å². The fourth-order valence-corrected chi connectivity index (χ4v) is 4.16. The molecule has 1 aromatic carbocycles. The predicted molar refractivity (Wildman–Crippen MR) is 85.7 cm³/mol. The third-order valence-electron chi connectivity index (χ3n) is 3.37. The van der Waals surface area contributed by atoms with Crippen LogP contribution in [0.1, 0.15) is 18.1 Å². The molecule has 0 spiro atoms. The Bertz CT molecular complexity index is 644. The van der Waals surface area contributed by atoms with E-state index in [1.165, 1.54) is 0 Å². The number of hydrogen-bond donors (Lipinski definition) is 0. The number of aromatic nitrogens is 3. The van der Waals surface area contributed by atoms with Crippen LogP contribution in [0, 0.1) is 0 Å². The van der Waals surface area contributed by atoms with E-state index in [4.69, 9.17) is 0 Å². The lowest BCUT2D eigenvalue weighted by molar-refractivity contribution is -0.129. The van der Waals surface area contributed by atoms with E-state index < -0.39 is 0 Å². The minimum atomic E-state index is -0.0592. The van der Waals surface area contributed by atoms with Gasteiger partial charge in [0.2, 0.25) is 5.91 Å². The second kappa shape index (κ2) is 6.11. The van der Waals surface area contributed by atoms with E-state index in [-0.39, 0.29) is 11.3 Å². The van der Waals surface area contributed by atoms with Crippen LogP contribution in [0.2, 0.25) is 0 Å². The maximum absolute atomic E-state index is 11.8. The molecule has 7 heteroatoms. The van der Waals surface area contributed by atoms with Crippen LogP contribution >= 0.6 is 23.5 Å². The monoisotopic (exact) mass is 320 g/mol. The summed E-state index contributed by atoms with van der Waals surface area (Å²) >= 11 is 3.29. The Morgan fingerprint density at radius 2 is 2.10 bits per heavy atom. The molecule has 1 fully saturated rings. The van der Waals surface area contributed by atoms with Crippen LogP contribution < -0.4 is 0 Å². The fourth-order valence-electron chi connectivity index (χ4n) is 2.40. The number of carbonyl (C=O) groups is 1. The Hall–Kier alpha value is -1.47. The quantitative estimate of drug-likeness (QED) is 0.814. The molecule has 0 saturated carbocycles. The van der Waals surface area contributed by atoms with E-state index in [1.807, 2.05) is 46.1 Å². The summed E-state index contributed by atoms with van der Waals surface area (Å²) in [6.45, 7) is 2.37. The van der Waals surface area contributed by atoms with Crippen molar-refractivity contribution in [2.75, 3.05) is 18.6 Å². The number of amides is 1. The van der Waals surface area contributed by atoms with Gasteiger partial charge in [-0.1, -0.05) is 30.0 Å². The summed E-state index contributed by atoms with van der Waals surface area (Å²) < 4.78 is 2.05. The summed E-state index contributed by atoms with van der Waals surface area (Å²) in [4.78, 5) is 13.7. The van der Waals surface area contributed by atoms with Gasteiger partial charge in [-0.2, -0.15) is 0 Å². The Morgan fingerprint density at radius 1 is 1.33 bits per heavy atom. The zero-order chi connectivity index (χ0) is 14.8. The van der Waals surface area contributed by atoms with Crippen LogP contribution in [-0.4, -0.2) is 44.1 Å². The van der Waals surface area contributed by atoms with Crippen molar-refractivity contribution in [3.63, 3.8) is 0 Å². The molecule has 110 valence electrons. The molecular formula is C14H16N4OS2. The third-order valence-corrected chi connectivity index (χ3v) is 5.20. The van der Waals surface area contributed by atoms with Crippen molar-refractivity contribution in [2.24, 2.45) is 0 Å². The van der Waals surface area contributed by atoms with E-state index in [0.29, 0.717) is 0 Å². The van der Waals surface area contributed by atoms with Crippen LogP contribution in [0.4, 0.5) is 0 Å². The highest BCUT2D eigenvalue weighted by Crippen LogP contribution is 2.38. The number of rotatable bonds is 3. The third kappa shape index (κ3) is 2.67. The second-order valence-electron chi connectivity index (χ2n) is 4.65. The largest absolute Gasteiger partial charge is 0.323 e. The average Bonchev–Trinajstić information content (AvgIpc) is 3.14. The highest BCUT2D eigenvalue weighted by atomic mass is 32.2. The standard InChI is InChI=1S/C14H16N4OS2/c1-10(19)17-8-9-21-13(17)12-15-16-14(20-2)18(12)11-6-4-3-5-7-11/h3-7,13H,8-9H2,1-2H3. The van der Waals surface area contributed by atoms with Gasteiger partial charge >= 0.3 is 0 Å². The first-order chi connectivity index (χ1) is 10.2. The Kier molecular flexibility index (Phi) is 4.21. The lowest BCUT2D eigenvalue weighted by atomic mass is 10.3. The Labute approximate surface area is 132 Å². The van der Waals surface area contributed by atoms with Gasteiger partial charge in [-0.25, -0.2) is 0 Å². The Morgan fingerprint density at radius 3 is 2.76 bits per heavy atom. The molecule has 1 amide bonds. The lowest BCUT2D eigenvalue weighted by Gasteiger charge is -2.22. The van der Waals surface area contributed by atoms with Gasteiger partial charge in [-0.3, -0.25) is 9.36 Å². The molecule has 1 aliphatic heterocycles. The van der Waals surface area contributed by atoms with Crippen LogP contribution in [0.5, 0.6) is 0 Å². The molecule has 3 rings (SSSR count). The summed E-state index contributed by atoms with van der Waals surface area (Å²) in [6.07, 6.45) is 1.98. The van der Waals surface area contributed by atoms with E-state index in [1.54, 1.807) is 30.4 Å². The predicted octanol–water partition coefficient (Wildman–Crippen LogP) is 2.58. The lowest BCUT2D eigenvalue weighted by Crippen LogP contribution is -2.29. The number of benzene rings is 1. The zero-order valence-electron chi connectivity index (χ0n) is 11.9. The van der Waals surface area contributed by atoms with E-state index >= 15 is 0 Å². The summed E-state index contributed by atoms with van der Waals surface area (Å²) in [7, 11) is 0. The number of hydrogen-bond acceptors (Lipinski definition) is 5. The van der Waals surface area contributed by atoms with Gasteiger partial charge in [0.1, 0.15) is 5.37 Å². The molecular weight excluding hydrogens is 304 g/mol. The molecule has 2 heterocycles. The van der Waals surface area contributed by atoms with Crippen LogP contribution in [0.3, 0.4) is 0 Å². The second-order valence-corrected chi connectivity index (χ2v) is 6.61. The molecule has 0 bridgehead atoms. The molecule has 0 aliphatic carbocycles. The number of thioether (sulfide) groups is 2. The van der Waals surface area contributed by atoms with Gasteiger partial charge in [0.15, 0.2) is 11.0 Å². The highest BCUT2D eigenvalue weighted by Gasteiger charge is 2.33. The number of nitrogens with zero attached hydrogens (tertiary/aromatic N) is 4. The molecule has 1 saturated heterocycles. The molecule has 1 atom stereocenters. The SMILES string of the molecule is CSc1nnc(C2SCCN2C(C)=O)n1-c1ccccc1. The van der Waals surface area contributed by atoms with Crippen molar-refractivity contribution in [2.45, 2.75) is 17.5 Å². The maximum atomic E-state index is 11.8. The highest BCUT2D eigenvalue weighted by molar-refractivity contribution is 7.99. The summed E-state index contributed by atoms with van der Waals surface area (Å²) in [5, 5.41) is 9.41. The summed E-state index contributed by atoms with van der Waals surface area (Å²) in [5.41, 5.74) is 1.03. The number of carbonyl (C=O) groups excluding carboxylic acids is 1. The molecule has 0 N–H and O–H groups in total. The topological polar surface area (TPSA) is 51.0 Å². The summed E-state index contributed by atoms with van der Waals surface area (Å²) in [5.74, 6) is 1.84. The van der Waals surface area contributed by atoms with Crippen molar-refractivity contribution >= 4 is 29.4 Å². The van der Waals surface area contributed by atoms with Crippen LogP contribution in [0.25, 0.3) is 5.69 Å². The van der Waals surface area contributed by atoms with E-state index in [2.05, 4.69) is 10.2 Å².